The molecule has 2 aromatic heterocycles. The van der Waals surface area contributed by atoms with Crippen molar-refractivity contribution in [1.82, 2.24) is 19.9 Å². The SMILES string of the molecule is C\C(=C/C=C\C=C\F)c1cc2c(C3C=CC=CC(N(C)/C=C\c4cc(C5CC5)cc(F)c4C=O)=C3CCO)nc(N)nc2[nH]1. The lowest BCUT2D eigenvalue weighted by atomic mass is 9.89. The number of carbonyl (C=O) groups is 1. The molecule has 0 bridgehead atoms. The Labute approximate surface area is 255 Å². The fourth-order valence-electron chi connectivity index (χ4n) is 5.45. The Bertz CT molecular complexity index is 1770. The first kappa shape index (κ1) is 30.6. The van der Waals surface area contributed by atoms with E-state index >= 15 is 0 Å². The molecule has 1 saturated carbocycles. The number of halogens is 2. The number of rotatable bonds is 11. The fourth-order valence-corrected chi connectivity index (χ4v) is 5.45. The molecular weight excluding hydrogens is 560 g/mol. The van der Waals surface area contributed by atoms with Crippen molar-refractivity contribution >= 4 is 34.9 Å². The molecule has 2 heterocycles. The highest BCUT2D eigenvalue weighted by Crippen LogP contribution is 2.41. The van der Waals surface area contributed by atoms with E-state index in [-0.39, 0.29) is 24.0 Å². The van der Waals surface area contributed by atoms with Crippen LogP contribution in [0.5, 0.6) is 0 Å². The Kier molecular flexibility index (Phi) is 9.45. The third-order valence-corrected chi connectivity index (χ3v) is 7.86. The Hall–Kier alpha value is -4.89. The Morgan fingerprint density at radius 1 is 1.18 bits per heavy atom. The highest BCUT2D eigenvalue weighted by atomic mass is 19.1. The summed E-state index contributed by atoms with van der Waals surface area (Å²) in [7, 11) is 1.87. The minimum absolute atomic E-state index is 0.0281. The Morgan fingerprint density at radius 2 is 2.00 bits per heavy atom. The molecule has 3 aromatic rings. The van der Waals surface area contributed by atoms with E-state index in [1.165, 1.54) is 12.1 Å². The number of hydrogen-bond acceptors (Lipinski definition) is 6. The van der Waals surface area contributed by atoms with Gasteiger partial charge >= 0.3 is 0 Å². The number of nitrogens with two attached hydrogens (primary N) is 1. The summed E-state index contributed by atoms with van der Waals surface area (Å²) < 4.78 is 27.0. The van der Waals surface area contributed by atoms with Crippen molar-refractivity contribution in [3.05, 3.63) is 125 Å². The van der Waals surface area contributed by atoms with Gasteiger partial charge in [-0.15, -0.1) is 0 Å². The van der Waals surface area contributed by atoms with E-state index in [2.05, 4.69) is 15.0 Å². The molecule has 0 radical (unpaired) electrons. The molecule has 0 amide bonds. The van der Waals surface area contributed by atoms with Gasteiger partial charge in [0.1, 0.15) is 11.5 Å². The van der Waals surface area contributed by atoms with Crippen LogP contribution in [0.3, 0.4) is 0 Å². The van der Waals surface area contributed by atoms with Gasteiger partial charge in [-0.05, 0) is 84.7 Å². The highest BCUT2D eigenvalue weighted by molar-refractivity contribution is 5.86. The van der Waals surface area contributed by atoms with Crippen LogP contribution in [-0.2, 0) is 0 Å². The van der Waals surface area contributed by atoms with Crippen LogP contribution in [0.25, 0.3) is 22.7 Å². The van der Waals surface area contributed by atoms with Crippen LogP contribution >= 0.6 is 0 Å². The summed E-state index contributed by atoms with van der Waals surface area (Å²) >= 11 is 0. The van der Waals surface area contributed by atoms with Crippen LogP contribution < -0.4 is 5.73 Å². The molecule has 4 N–H and O–H groups in total. The lowest BCUT2D eigenvalue weighted by molar-refractivity contribution is 0.111. The van der Waals surface area contributed by atoms with Gasteiger partial charge in [0.2, 0.25) is 5.95 Å². The molecule has 9 heteroatoms. The number of carbonyl (C=O) groups excluding carboxylic acids is 1. The van der Waals surface area contributed by atoms with Crippen LogP contribution in [-0.4, -0.2) is 44.9 Å². The lowest BCUT2D eigenvalue weighted by Gasteiger charge is -2.24. The van der Waals surface area contributed by atoms with Crippen molar-refractivity contribution in [2.75, 3.05) is 19.4 Å². The summed E-state index contributed by atoms with van der Waals surface area (Å²) in [4.78, 5) is 26.0. The molecule has 5 rings (SSSR count). The molecule has 1 atom stereocenters. The number of H-pyrrole nitrogens is 1. The van der Waals surface area contributed by atoms with Crippen LogP contribution in [0.15, 0.2) is 90.6 Å². The summed E-state index contributed by atoms with van der Waals surface area (Å²) in [6.45, 7) is 1.83. The highest BCUT2D eigenvalue weighted by Gasteiger charge is 2.26. The standard InChI is InChI=1S/C35H35F2N5O2/c1-22(8-4-3-7-15-36)31-20-28-33(40-35(38)41-34(28)39-31)27-9-5-6-10-32(26(27)14-17-43)42(2)16-13-24-18-25(23-11-12-23)19-30(37)29(24)21-44/h3-10,13,15-16,18-21,23,27,43H,11-12,14,17H2,1-2H3,(H3,38,39,40,41)/b4-3-,15-7+,16-13-,22-8+. The van der Waals surface area contributed by atoms with Crippen LogP contribution in [0.2, 0.25) is 0 Å². The zero-order chi connectivity index (χ0) is 31.2. The number of aromatic amines is 1. The molecule has 0 aliphatic heterocycles. The van der Waals surface area contributed by atoms with Gasteiger partial charge in [0.25, 0.3) is 0 Å². The molecule has 2 aliphatic carbocycles. The van der Waals surface area contributed by atoms with Crippen LogP contribution in [0.1, 0.15) is 70.9 Å². The number of benzene rings is 1. The molecule has 2 aliphatic rings. The van der Waals surface area contributed by atoms with Gasteiger partial charge in [0.15, 0.2) is 6.29 Å². The summed E-state index contributed by atoms with van der Waals surface area (Å²) in [5.74, 6) is -0.414. The summed E-state index contributed by atoms with van der Waals surface area (Å²) in [5, 5.41) is 10.9. The van der Waals surface area contributed by atoms with E-state index in [4.69, 9.17) is 5.73 Å². The van der Waals surface area contributed by atoms with Gasteiger partial charge in [0.05, 0.1) is 17.6 Å². The number of aromatic nitrogens is 3. The Balaban J connectivity index is 1.55. The number of hydrogen-bond donors (Lipinski definition) is 3. The van der Waals surface area contributed by atoms with Crippen LogP contribution in [0.4, 0.5) is 14.7 Å². The van der Waals surface area contributed by atoms with Crippen molar-refractivity contribution < 1.29 is 18.7 Å². The van der Waals surface area contributed by atoms with Gasteiger partial charge in [-0.1, -0.05) is 42.5 Å². The smallest absolute Gasteiger partial charge is 0.222 e. The molecule has 226 valence electrons. The van der Waals surface area contributed by atoms with Crippen molar-refractivity contribution in [3.8, 4) is 0 Å². The second-order valence-corrected chi connectivity index (χ2v) is 10.9. The fraction of sp³-hybridized carbons (Fsp3) is 0.229. The maximum absolute atomic E-state index is 14.8. The molecular formula is C35H35F2N5O2. The second-order valence-electron chi connectivity index (χ2n) is 10.9. The van der Waals surface area contributed by atoms with Gasteiger partial charge in [-0.3, -0.25) is 4.79 Å². The predicted octanol–water partition coefficient (Wildman–Crippen LogP) is 7.26. The predicted molar refractivity (Wildman–Crippen MR) is 172 cm³/mol. The first-order valence-electron chi connectivity index (χ1n) is 14.5. The number of aliphatic hydroxyl groups excluding tert-OH is 1. The average Bonchev–Trinajstić information content (AvgIpc) is 3.80. The quantitative estimate of drug-likeness (QED) is 0.159. The summed E-state index contributed by atoms with van der Waals surface area (Å²) in [6.07, 6.45) is 21.3. The molecule has 1 unspecified atom stereocenters. The maximum Gasteiger partial charge on any atom is 0.222 e. The number of nitrogens with zero attached hydrogens (tertiary/aromatic N) is 3. The summed E-state index contributed by atoms with van der Waals surface area (Å²) in [6, 6.07) is 5.31. The third-order valence-electron chi connectivity index (χ3n) is 7.86. The van der Waals surface area contributed by atoms with E-state index < -0.39 is 5.82 Å². The average molecular weight is 596 g/mol. The number of aldehydes is 1. The molecule has 44 heavy (non-hydrogen) atoms. The first-order valence-corrected chi connectivity index (χ1v) is 14.5. The van der Waals surface area contributed by atoms with Crippen molar-refractivity contribution in [2.45, 2.75) is 38.0 Å². The minimum Gasteiger partial charge on any atom is -0.396 e. The van der Waals surface area contributed by atoms with Crippen molar-refractivity contribution in [3.63, 3.8) is 0 Å². The van der Waals surface area contributed by atoms with Crippen molar-refractivity contribution in [2.24, 2.45) is 0 Å². The maximum atomic E-state index is 14.8. The third kappa shape index (κ3) is 6.68. The number of aliphatic hydroxyl groups is 1. The zero-order valence-electron chi connectivity index (χ0n) is 24.7. The number of likely N-dealkylation sites (N-methyl/N-ethyl adjacent to an activating group) is 1. The van der Waals surface area contributed by atoms with E-state index in [1.54, 1.807) is 24.4 Å². The summed E-state index contributed by atoms with van der Waals surface area (Å²) in [5.41, 5.74) is 12.3. The van der Waals surface area contributed by atoms with Gasteiger partial charge in [0, 0.05) is 42.5 Å². The van der Waals surface area contributed by atoms with E-state index in [1.807, 2.05) is 61.4 Å². The largest absolute Gasteiger partial charge is 0.396 e. The van der Waals surface area contributed by atoms with E-state index in [9.17, 15) is 18.7 Å². The molecule has 7 nitrogen and oxygen atoms in total. The minimum atomic E-state index is -0.514. The number of allylic oxidation sites excluding steroid dienone is 9. The number of nitrogen functional groups attached to an aromatic ring is 1. The zero-order valence-corrected chi connectivity index (χ0v) is 24.7. The second kappa shape index (κ2) is 13.6. The first-order chi connectivity index (χ1) is 21.3. The number of anilines is 1. The normalized spacial score (nSPS) is 17.6. The topological polar surface area (TPSA) is 108 Å². The van der Waals surface area contributed by atoms with E-state index in [0.29, 0.717) is 41.9 Å². The lowest BCUT2D eigenvalue weighted by Crippen LogP contribution is -2.16. The van der Waals surface area contributed by atoms with Crippen molar-refractivity contribution in [1.29, 1.82) is 0 Å². The number of nitrogens with one attached hydrogen (secondary N) is 1. The van der Waals surface area contributed by atoms with Crippen LogP contribution in [0, 0.1) is 5.82 Å². The van der Waals surface area contributed by atoms with Gasteiger partial charge in [-0.25, -0.2) is 13.8 Å². The monoisotopic (exact) mass is 595 g/mol. The van der Waals surface area contributed by atoms with Gasteiger partial charge in [-0.2, -0.15) is 4.98 Å². The molecule has 1 fully saturated rings. The molecule has 1 aromatic carbocycles. The Morgan fingerprint density at radius 3 is 2.73 bits per heavy atom. The van der Waals surface area contributed by atoms with E-state index in [0.717, 1.165) is 46.3 Å². The molecule has 0 spiro atoms. The van der Waals surface area contributed by atoms with Gasteiger partial charge < -0.3 is 20.7 Å². The molecule has 0 saturated heterocycles. The number of fused-ring (bicyclic) bond motifs is 1.